The van der Waals surface area contributed by atoms with Crippen LogP contribution in [-0.4, -0.2) is 76.8 Å². The number of fused-ring (bicyclic) bond motifs is 1. The molecular weight excluding hydrogens is 403 g/mol. The number of aliphatic carboxylic acids is 1. The van der Waals surface area contributed by atoms with Gasteiger partial charge in [-0.1, -0.05) is 6.07 Å². The maximum Gasteiger partial charge on any atom is 0.490 e. The van der Waals surface area contributed by atoms with E-state index in [1.165, 1.54) is 5.56 Å². The Labute approximate surface area is 172 Å². The lowest BCUT2D eigenvalue weighted by molar-refractivity contribution is -0.192. The zero-order valence-electron chi connectivity index (χ0n) is 16.7. The Hall–Kier alpha value is -2.20. The molecule has 1 amide bonds. The average Bonchev–Trinajstić information content (AvgIpc) is 3.47. The first-order valence-electron chi connectivity index (χ1n) is 9.95. The Morgan fingerprint density at radius 3 is 2.50 bits per heavy atom. The molecule has 2 saturated heterocycles. The predicted molar refractivity (Wildman–Crippen MR) is 100 cm³/mol. The van der Waals surface area contributed by atoms with Gasteiger partial charge in [0, 0.05) is 57.5 Å². The first kappa shape index (κ1) is 22.5. The van der Waals surface area contributed by atoms with Gasteiger partial charge in [-0.2, -0.15) is 13.2 Å². The van der Waals surface area contributed by atoms with Crippen molar-refractivity contribution in [1.82, 2.24) is 14.8 Å². The average molecular weight is 429 g/mol. The van der Waals surface area contributed by atoms with Crippen LogP contribution in [0.5, 0.6) is 0 Å². The molecule has 0 spiro atoms. The summed E-state index contributed by atoms with van der Waals surface area (Å²) in [5, 5.41) is 7.12. The number of hydrogen-bond donors (Lipinski definition) is 1. The summed E-state index contributed by atoms with van der Waals surface area (Å²) in [6.07, 6.45) is 2.08. The van der Waals surface area contributed by atoms with Crippen LogP contribution in [0.3, 0.4) is 0 Å². The number of aromatic nitrogens is 1. The van der Waals surface area contributed by atoms with Crippen molar-refractivity contribution in [3.8, 4) is 0 Å². The van der Waals surface area contributed by atoms with Gasteiger partial charge in [-0.25, -0.2) is 4.79 Å². The lowest BCUT2D eigenvalue weighted by atomic mass is 9.88. The number of likely N-dealkylation sites (tertiary alicyclic amines) is 2. The second-order valence-corrected chi connectivity index (χ2v) is 7.96. The number of carbonyl (C=O) groups excluding carboxylic acids is 1. The van der Waals surface area contributed by atoms with Crippen molar-refractivity contribution in [3.63, 3.8) is 0 Å². The van der Waals surface area contributed by atoms with Crippen LogP contribution < -0.4 is 0 Å². The number of carboxylic acids is 1. The molecule has 0 bridgehead atoms. The highest BCUT2D eigenvalue weighted by Crippen LogP contribution is 2.38. The normalized spacial score (nSPS) is 26.5. The number of ether oxygens (including phenoxy) is 1. The SMILES string of the molecule is CO[C@@H]1CCN(C(=O)C2CC2)[C@@H]2CN(Cc3cccnc3)C[C@@H]21.O=C(O)C(F)(F)F. The molecule has 3 heterocycles. The molecule has 30 heavy (non-hydrogen) atoms. The monoisotopic (exact) mass is 429 g/mol. The Kier molecular flexibility index (Phi) is 6.97. The molecule has 0 aromatic carbocycles. The van der Waals surface area contributed by atoms with Crippen LogP contribution in [0.15, 0.2) is 24.5 Å². The number of alkyl halides is 3. The molecule has 3 aliphatic rings. The molecule has 3 atom stereocenters. The summed E-state index contributed by atoms with van der Waals surface area (Å²) >= 11 is 0. The molecule has 1 N–H and O–H groups in total. The minimum absolute atomic E-state index is 0.280. The second-order valence-electron chi connectivity index (χ2n) is 7.96. The number of nitrogens with zero attached hydrogens (tertiary/aromatic N) is 3. The molecule has 0 radical (unpaired) electrons. The van der Waals surface area contributed by atoms with Gasteiger partial charge < -0.3 is 14.7 Å². The number of carboxylic acid groups (broad SMARTS) is 1. The standard InChI is InChI=1S/C18H25N3O2.C2HF3O2/c1-23-17-6-8-21(18(22)14-4-5-14)16-12-20(11-15(16)17)10-13-3-2-7-19-9-13;3-2(4,5)1(6)7/h2-3,7,9,14-17H,4-6,8,10-12H2,1H3;(H,6,7)/t15-,16+,17+;/m0./s1. The van der Waals surface area contributed by atoms with E-state index in [2.05, 4.69) is 20.9 Å². The van der Waals surface area contributed by atoms with Gasteiger partial charge in [-0.3, -0.25) is 14.7 Å². The Balaban J connectivity index is 0.000000318. The van der Waals surface area contributed by atoms with Crippen molar-refractivity contribution >= 4 is 11.9 Å². The van der Waals surface area contributed by atoms with Crippen molar-refractivity contribution in [2.75, 3.05) is 26.7 Å². The summed E-state index contributed by atoms with van der Waals surface area (Å²) < 4.78 is 37.5. The van der Waals surface area contributed by atoms with Crippen molar-refractivity contribution in [2.45, 2.75) is 44.1 Å². The number of hydrogen-bond acceptors (Lipinski definition) is 5. The molecule has 1 saturated carbocycles. The predicted octanol–water partition coefficient (Wildman–Crippen LogP) is 2.17. The van der Waals surface area contributed by atoms with Crippen molar-refractivity contribution in [2.24, 2.45) is 11.8 Å². The van der Waals surface area contributed by atoms with E-state index >= 15 is 0 Å². The molecule has 7 nitrogen and oxygen atoms in total. The fraction of sp³-hybridized carbons (Fsp3) is 0.650. The molecule has 10 heteroatoms. The maximum atomic E-state index is 12.6. The van der Waals surface area contributed by atoms with E-state index in [-0.39, 0.29) is 6.10 Å². The summed E-state index contributed by atoms with van der Waals surface area (Å²) in [6, 6.07) is 4.42. The highest BCUT2D eigenvalue weighted by molar-refractivity contribution is 5.81. The second kappa shape index (κ2) is 9.30. The van der Waals surface area contributed by atoms with E-state index in [1.807, 2.05) is 25.6 Å². The fourth-order valence-electron chi connectivity index (χ4n) is 4.25. The number of methoxy groups -OCH3 is 1. The van der Waals surface area contributed by atoms with E-state index in [4.69, 9.17) is 14.6 Å². The van der Waals surface area contributed by atoms with Crippen LogP contribution in [0.4, 0.5) is 13.2 Å². The highest BCUT2D eigenvalue weighted by atomic mass is 19.4. The molecule has 1 aromatic rings. The molecular formula is C20H26F3N3O4. The Morgan fingerprint density at radius 1 is 1.27 bits per heavy atom. The summed E-state index contributed by atoms with van der Waals surface area (Å²) in [5.41, 5.74) is 1.24. The molecule has 1 aliphatic carbocycles. The van der Waals surface area contributed by atoms with Gasteiger partial charge in [-0.15, -0.1) is 0 Å². The number of piperidine rings is 1. The number of rotatable bonds is 4. The van der Waals surface area contributed by atoms with Crippen molar-refractivity contribution < 1.29 is 32.6 Å². The number of amides is 1. The van der Waals surface area contributed by atoms with E-state index in [0.717, 1.165) is 45.4 Å². The molecule has 1 aromatic heterocycles. The molecule has 3 fully saturated rings. The van der Waals surface area contributed by atoms with Crippen LogP contribution >= 0.6 is 0 Å². The first-order valence-corrected chi connectivity index (χ1v) is 9.95. The lowest BCUT2D eigenvalue weighted by Gasteiger charge is -2.41. The molecule has 2 aliphatic heterocycles. The zero-order valence-corrected chi connectivity index (χ0v) is 16.7. The zero-order chi connectivity index (χ0) is 21.9. The van der Waals surface area contributed by atoms with E-state index in [9.17, 15) is 18.0 Å². The molecule has 0 unspecified atom stereocenters. The minimum atomic E-state index is -5.08. The lowest BCUT2D eigenvalue weighted by Crippen LogP contribution is -2.54. The summed E-state index contributed by atoms with van der Waals surface area (Å²) in [5.74, 6) is -1.62. The van der Waals surface area contributed by atoms with Gasteiger partial charge >= 0.3 is 12.1 Å². The Bertz CT molecular complexity index is 743. The van der Waals surface area contributed by atoms with Crippen LogP contribution in [0.25, 0.3) is 0 Å². The largest absolute Gasteiger partial charge is 0.490 e. The number of carbonyl (C=O) groups is 2. The highest BCUT2D eigenvalue weighted by Gasteiger charge is 2.48. The first-order chi connectivity index (χ1) is 14.2. The van der Waals surface area contributed by atoms with Crippen molar-refractivity contribution in [3.05, 3.63) is 30.1 Å². The van der Waals surface area contributed by atoms with Gasteiger partial charge in [0.15, 0.2) is 0 Å². The quantitative estimate of drug-likeness (QED) is 0.790. The molecule has 166 valence electrons. The van der Waals surface area contributed by atoms with Gasteiger partial charge in [0.05, 0.1) is 12.1 Å². The third kappa shape index (κ3) is 5.48. The summed E-state index contributed by atoms with van der Waals surface area (Å²) in [6.45, 7) is 3.73. The topological polar surface area (TPSA) is 83.0 Å². The fourth-order valence-corrected chi connectivity index (χ4v) is 4.25. The smallest absolute Gasteiger partial charge is 0.475 e. The Morgan fingerprint density at radius 2 is 1.97 bits per heavy atom. The minimum Gasteiger partial charge on any atom is -0.475 e. The van der Waals surface area contributed by atoms with E-state index in [1.54, 1.807) is 0 Å². The van der Waals surface area contributed by atoms with Crippen LogP contribution in [0.1, 0.15) is 24.8 Å². The third-order valence-electron chi connectivity index (χ3n) is 5.82. The third-order valence-corrected chi connectivity index (χ3v) is 5.82. The van der Waals surface area contributed by atoms with Crippen LogP contribution in [0.2, 0.25) is 0 Å². The summed E-state index contributed by atoms with van der Waals surface area (Å²) in [4.78, 5) is 30.3. The van der Waals surface area contributed by atoms with Crippen LogP contribution in [0, 0.1) is 11.8 Å². The van der Waals surface area contributed by atoms with E-state index < -0.39 is 12.1 Å². The van der Waals surface area contributed by atoms with Gasteiger partial charge in [0.25, 0.3) is 0 Å². The number of halogens is 3. The van der Waals surface area contributed by atoms with Gasteiger partial charge in [0.2, 0.25) is 5.91 Å². The molecule has 4 rings (SSSR count). The summed E-state index contributed by atoms with van der Waals surface area (Å²) in [7, 11) is 1.81. The van der Waals surface area contributed by atoms with Crippen molar-refractivity contribution in [1.29, 1.82) is 0 Å². The van der Waals surface area contributed by atoms with Gasteiger partial charge in [0.1, 0.15) is 0 Å². The number of pyridine rings is 1. The maximum absolute atomic E-state index is 12.6. The van der Waals surface area contributed by atoms with E-state index in [0.29, 0.717) is 23.8 Å². The van der Waals surface area contributed by atoms with Crippen LogP contribution in [-0.2, 0) is 20.9 Å². The van der Waals surface area contributed by atoms with Gasteiger partial charge in [-0.05, 0) is 30.9 Å².